The predicted molar refractivity (Wildman–Crippen MR) is 55.4 cm³/mol. The fraction of sp³-hybridized carbons (Fsp3) is 0.300. The van der Waals surface area contributed by atoms with Crippen LogP contribution in [0.3, 0.4) is 0 Å². The largest absolute Gasteiger partial charge is 0.465 e. The molecular formula is C10H11NO5. The van der Waals surface area contributed by atoms with Gasteiger partial charge < -0.3 is 9.15 Å². The number of nitro groups is 1. The number of aryl methyl sites for hydroxylation is 1. The summed E-state index contributed by atoms with van der Waals surface area (Å²) < 4.78 is 9.71. The molecule has 0 saturated heterocycles. The first-order valence-corrected chi connectivity index (χ1v) is 4.47. The van der Waals surface area contributed by atoms with Crippen LogP contribution in [0.4, 0.5) is 0 Å². The number of nitrogens with zero attached hydrogens (tertiary/aromatic N) is 1. The molecule has 0 aliphatic heterocycles. The minimum absolute atomic E-state index is 0.0647. The molecule has 1 rings (SSSR count). The molecule has 0 aliphatic carbocycles. The molecule has 6 nitrogen and oxygen atoms in total. The highest BCUT2D eigenvalue weighted by Crippen LogP contribution is 2.18. The Bertz CT molecular complexity index is 458. The number of esters is 1. The van der Waals surface area contributed by atoms with Gasteiger partial charge in [0.05, 0.1) is 18.1 Å². The molecule has 0 unspecified atom stereocenters. The molecule has 16 heavy (non-hydrogen) atoms. The Morgan fingerprint density at radius 2 is 2.25 bits per heavy atom. The van der Waals surface area contributed by atoms with Crippen molar-refractivity contribution in [2.75, 3.05) is 7.11 Å². The maximum absolute atomic E-state index is 11.2. The van der Waals surface area contributed by atoms with Crippen molar-refractivity contribution in [3.8, 4) is 0 Å². The zero-order chi connectivity index (χ0) is 12.3. The van der Waals surface area contributed by atoms with Gasteiger partial charge in [0.2, 0.25) is 5.70 Å². The fourth-order valence-corrected chi connectivity index (χ4v) is 1.15. The summed E-state index contributed by atoms with van der Waals surface area (Å²) in [7, 11) is 1.26. The molecule has 0 fully saturated rings. The number of rotatable bonds is 3. The van der Waals surface area contributed by atoms with Gasteiger partial charge in [0, 0.05) is 6.92 Å². The Kier molecular flexibility index (Phi) is 3.44. The molecule has 0 aliphatic rings. The maximum atomic E-state index is 11.2. The summed E-state index contributed by atoms with van der Waals surface area (Å²) in [5.74, 6) is 0.0982. The third-order valence-electron chi connectivity index (χ3n) is 1.98. The Balaban J connectivity index is 3.06. The zero-order valence-electron chi connectivity index (χ0n) is 9.14. The minimum Gasteiger partial charge on any atom is -0.465 e. The number of methoxy groups -OCH3 is 1. The summed E-state index contributed by atoms with van der Waals surface area (Å²) >= 11 is 0. The van der Waals surface area contributed by atoms with Crippen LogP contribution in [0.1, 0.15) is 28.8 Å². The minimum atomic E-state index is -0.532. The average Bonchev–Trinajstić information content (AvgIpc) is 2.58. The van der Waals surface area contributed by atoms with Gasteiger partial charge in [-0.2, -0.15) is 0 Å². The van der Waals surface area contributed by atoms with E-state index in [4.69, 9.17) is 4.42 Å². The third kappa shape index (κ3) is 2.47. The Labute approximate surface area is 91.7 Å². The van der Waals surface area contributed by atoms with E-state index >= 15 is 0 Å². The molecule has 0 radical (unpaired) electrons. The second-order valence-electron chi connectivity index (χ2n) is 3.15. The molecule has 1 aromatic rings. The number of carbonyl (C=O) groups is 1. The van der Waals surface area contributed by atoms with Crippen molar-refractivity contribution >= 4 is 12.0 Å². The Morgan fingerprint density at radius 3 is 2.75 bits per heavy atom. The number of furan rings is 1. The summed E-state index contributed by atoms with van der Waals surface area (Å²) in [6, 6.07) is 1.41. The third-order valence-corrected chi connectivity index (χ3v) is 1.98. The quantitative estimate of drug-likeness (QED) is 0.446. The topological polar surface area (TPSA) is 82.6 Å². The van der Waals surface area contributed by atoms with Crippen molar-refractivity contribution in [1.29, 1.82) is 0 Å². The van der Waals surface area contributed by atoms with Crippen molar-refractivity contribution in [2.45, 2.75) is 13.8 Å². The van der Waals surface area contributed by atoms with Crippen LogP contribution in [0.2, 0.25) is 0 Å². The summed E-state index contributed by atoms with van der Waals surface area (Å²) in [5.41, 5.74) is 0.204. The molecule has 0 atom stereocenters. The first kappa shape index (κ1) is 12.0. The van der Waals surface area contributed by atoms with Gasteiger partial charge in [0.1, 0.15) is 17.1 Å². The van der Waals surface area contributed by atoms with E-state index in [1.165, 1.54) is 26.2 Å². The van der Waals surface area contributed by atoms with Gasteiger partial charge >= 0.3 is 5.97 Å². The molecule has 0 N–H and O–H groups in total. The molecule has 6 heteroatoms. The number of allylic oxidation sites excluding steroid dienone is 1. The lowest BCUT2D eigenvalue weighted by Gasteiger charge is -1.93. The predicted octanol–water partition coefficient (Wildman–Crippen LogP) is 2.01. The summed E-state index contributed by atoms with van der Waals surface area (Å²) in [5, 5.41) is 10.4. The molecule has 0 spiro atoms. The van der Waals surface area contributed by atoms with Crippen LogP contribution < -0.4 is 0 Å². The second-order valence-corrected chi connectivity index (χ2v) is 3.15. The van der Waals surface area contributed by atoms with Crippen molar-refractivity contribution in [3.05, 3.63) is 39.0 Å². The Hall–Kier alpha value is -2.11. The van der Waals surface area contributed by atoms with Gasteiger partial charge in [-0.15, -0.1) is 0 Å². The lowest BCUT2D eigenvalue weighted by molar-refractivity contribution is -0.422. The molecular weight excluding hydrogens is 214 g/mol. The molecule has 1 aromatic heterocycles. The summed E-state index contributed by atoms with van der Waals surface area (Å²) in [4.78, 5) is 21.1. The lowest BCUT2D eigenvalue weighted by Crippen LogP contribution is -2.00. The standard InChI is InChI=1S/C10H11NO5/c1-6(11(13)14)4-8-5-9(7(2)16-8)10(12)15-3/h4-5H,1-3H3. The zero-order valence-corrected chi connectivity index (χ0v) is 9.14. The van der Waals surface area contributed by atoms with E-state index in [1.807, 2.05) is 0 Å². The molecule has 1 heterocycles. The monoisotopic (exact) mass is 225 g/mol. The average molecular weight is 225 g/mol. The normalized spacial score (nSPS) is 11.3. The smallest absolute Gasteiger partial charge is 0.341 e. The number of hydrogen-bond acceptors (Lipinski definition) is 5. The summed E-state index contributed by atoms with van der Waals surface area (Å²) in [6.07, 6.45) is 1.25. The van der Waals surface area contributed by atoms with Crippen molar-refractivity contribution in [1.82, 2.24) is 0 Å². The summed E-state index contributed by atoms with van der Waals surface area (Å²) in [6.45, 7) is 2.93. The van der Waals surface area contributed by atoms with Crippen molar-refractivity contribution in [3.63, 3.8) is 0 Å². The van der Waals surface area contributed by atoms with Crippen LogP contribution in [0.25, 0.3) is 6.08 Å². The number of hydrogen-bond donors (Lipinski definition) is 0. The molecule has 0 bridgehead atoms. The van der Waals surface area contributed by atoms with Crippen LogP contribution >= 0.6 is 0 Å². The SMILES string of the molecule is COC(=O)c1cc(C=C(C)[N+](=O)[O-])oc1C. The lowest BCUT2D eigenvalue weighted by atomic mass is 10.2. The van der Waals surface area contributed by atoms with Crippen LogP contribution in [-0.4, -0.2) is 18.0 Å². The molecule has 0 saturated carbocycles. The number of ether oxygens (including phenoxy) is 1. The van der Waals surface area contributed by atoms with E-state index in [-0.39, 0.29) is 17.0 Å². The first-order chi connectivity index (χ1) is 7.45. The van der Waals surface area contributed by atoms with Gasteiger partial charge in [-0.1, -0.05) is 0 Å². The maximum Gasteiger partial charge on any atom is 0.341 e. The highest BCUT2D eigenvalue weighted by atomic mass is 16.6. The van der Waals surface area contributed by atoms with Gasteiger partial charge in [-0.3, -0.25) is 10.1 Å². The van der Waals surface area contributed by atoms with Crippen molar-refractivity contribution in [2.24, 2.45) is 0 Å². The van der Waals surface area contributed by atoms with Gasteiger partial charge in [-0.05, 0) is 13.0 Å². The van der Waals surface area contributed by atoms with E-state index in [9.17, 15) is 14.9 Å². The molecule has 0 aromatic carbocycles. The second kappa shape index (κ2) is 4.61. The fourth-order valence-electron chi connectivity index (χ4n) is 1.15. The Morgan fingerprint density at radius 1 is 1.62 bits per heavy atom. The van der Waals surface area contributed by atoms with E-state index < -0.39 is 10.9 Å². The first-order valence-electron chi connectivity index (χ1n) is 4.47. The van der Waals surface area contributed by atoms with E-state index in [0.29, 0.717) is 5.76 Å². The van der Waals surface area contributed by atoms with Crippen LogP contribution in [-0.2, 0) is 4.74 Å². The highest BCUT2D eigenvalue weighted by Gasteiger charge is 2.15. The van der Waals surface area contributed by atoms with Crippen LogP contribution in [0, 0.1) is 17.0 Å². The highest BCUT2D eigenvalue weighted by molar-refractivity contribution is 5.90. The van der Waals surface area contributed by atoms with E-state index in [2.05, 4.69) is 4.74 Å². The molecule has 0 amide bonds. The van der Waals surface area contributed by atoms with Crippen molar-refractivity contribution < 1.29 is 18.9 Å². The van der Waals surface area contributed by atoms with Crippen LogP contribution in [0.15, 0.2) is 16.2 Å². The van der Waals surface area contributed by atoms with Gasteiger partial charge in [-0.25, -0.2) is 4.79 Å². The molecule has 86 valence electrons. The van der Waals surface area contributed by atoms with E-state index in [1.54, 1.807) is 6.92 Å². The van der Waals surface area contributed by atoms with E-state index in [0.717, 1.165) is 0 Å². The van der Waals surface area contributed by atoms with Crippen LogP contribution in [0.5, 0.6) is 0 Å². The van der Waals surface area contributed by atoms with Gasteiger partial charge in [0.15, 0.2) is 0 Å². The van der Waals surface area contributed by atoms with Gasteiger partial charge in [0.25, 0.3) is 0 Å². The number of carbonyl (C=O) groups excluding carboxylic acids is 1.